The summed E-state index contributed by atoms with van der Waals surface area (Å²) < 4.78 is 0. The van der Waals surface area contributed by atoms with Crippen LogP contribution >= 0.6 is 11.3 Å². The molecule has 2 aromatic heterocycles. The number of thiazole rings is 1. The summed E-state index contributed by atoms with van der Waals surface area (Å²) in [5.74, 6) is 0.819. The first-order valence-corrected chi connectivity index (χ1v) is 8.50. The number of imidazole rings is 1. The zero-order valence-corrected chi connectivity index (χ0v) is 13.8. The SMILES string of the molecule is CCc1nc(CN2CCN(C(=O)c3cnc(C)[nH]3)CC2)cs1. The van der Waals surface area contributed by atoms with Crippen molar-refractivity contribution in [3.8, 4) is 0 Å². The van der Waals surface area contributed by atoms with Crippen molar-refractivity contribution in [3.05, 3.63) is 33.8 Å². The highest BCUT2D eigenvalue weighted by Crippen LogP contribution is 2.14. The van der Waals surface area contributed by atoms with E-state index in [2.05, 4.69) is 32.2 Å². The number of piperazine rings is 1. The molecule has 7 heteroatoms. The molecule has 0 spiro atoms. The van der Waals surface area contributed by atoms with Gasteiger partial charge in [0, 0.05) is 38.1 Å². The minimum atomic E-state index is 0.0437. The van der Waals surface area contributed by atoms with Crippen LogP contribution in [0.5, 0.6) is 0 Å². The van der Waals surface area contributed by atoms with Crippen molar-refractivity contribution in [2.24, 2.45) is 0 Å². The van der Waals surface area contributed by atoms with Crippen molar-refractivity contribution in [1.82, 2.24) is 24.8 Å². The highest BCUT2D eigenvalue weighted by molar-refractivity contribution is 7.09. The van der Waals surface area contributed by atoms with Crippen molar-refractivity contribution in [2.45, 2.75) is 26.8 Å². The number of hydrogen-bond donors (Lipinski definition) is 1. The predicted molar refractivity (Wildman–Crippen MR) is 86.0 cm³/mol. The third-order valence-corrected chi connectivity index (χ3v) is 4.92. The summed E-state index contributed by atoms with van der Waals surface area (Å²) in [6.07, 6.45) is 2.61. The van der Waals surface area contributed by atoms with E-state index in [9.17, 15) is 4.79 Å². The fourth-order valence-electron chi connectivity index (χ4n) is 2.62. The normalized spacial score (nSPS) is 16.2. The van der Waals surface area contributed by atoms with Crippen molar-refractivity contribution >= 4 is 17.2 Å². The maximum Gasteiger partial charge on any atom is 0.272 e. The Labute approximate surface area is 134 Å². The molecule has 0 bridgehead atoms. The van der Waals surface area contributed by atoms with Gasteiger partial charge in [-0.25, -0.2) is 9.97 Å². The summed E-state index contributed by atoms with van der Waals surface area (Å²) in [4.78, 5) is 28.3. The molecule has 2 aromatic rings. The Hall–Kier alpha value is -1.73. The molecule has 1 aliphatic rings. The molecule has 0 saturated carbocycles. The van der Waals surface area contributed by atoms with E-state index >= 15 is 0 Å². The van der Waals surface area contributed by atoms with Crippen LogP contribution < -0.4 is 0 Å². The molecule has 1 N–H and O–H groups in total. The number of rotatable bonds is 4. The number of amides is 1. The number of aromatic nitrogens is 3. The zero-order valence-electron chi connectivity index (χ0n) is 13.0. The quantitative estimate of drug-likeness (QED) is 0.931. The van der Waals surface area contributed by atoms with Crippen molar-refractivity contribution in [2.75, 3.05) is 26.2 Å². The van der Waals surface area contributed by atoms with Crippen LogP contribution in [0.1, 0.15) is 33.9 Å². The van der Waals surface area contributed by atoms with Gasteiger partial charge in [-0.2, -0.15) is 0 Å². The van der Waals surface area contributed by atoms with E-state index in [1.165, 1.54) is 5.01 Å². The molecular formula is C15H21N5OS. The molecule has 118 valence electrons. The molecule has 1 fully saturated rings. The highest BCUT2D eigenvalue weighted by Gasteiger charge is 2.23. The number of aryl methyl sites for hydroxylation is 2. The van der Waals surface area contributed by atoms with Gasteiger partial charge in [-0.15, -0.1) is 11.3 Å². The van der Waals surface area contributed by atoms with Gasteiger partial charge in [0.15, 0.2) is 0 Å². The minimum Gasteiger partial charge on any atom is -0.338 e. The van der Waals surface area contributed by atoms with Gasteiger partial charge >= 0.3 is 0 Å². The first-order chi connectivity index (χ1) is 10.7. The molecule has 1 amide bonds. The van der Waals surface area contributed by atoms with E-state index < -0.39 is 0 Å². The van der Waals surface area contributed by atoms with E-state index in [1.807, 2.05) is 11.8 Å². The van der Waals surface area contributed by atoms with Crippen LogP contribution in [0, 0.1) is 6.92 Å². The number of carbonyl (C=O) groups excluding carboxylic acids is 1. The van der Waals surface area contributed by atoms with Gasteiger partial charge < -0.3 is 9.88 Å². The smallest absolute Gasteiger partial charge is 0.272 e. The molecular weight excluding hydrogens is 298 g/mol. The number of H-pyrrole nitrogens is 1. The molecule has 1 aliphatic heterocycles. The second-order valence-electron chi connectivity index (χ2n) is 5.54. The number of nitrogens with one attached hydrogen (secondary N) is 1. The average molecular weight is 319 g/mol. The molecule has 6 nitrogen and oxygen atoms in total. The van der Waals surface area contributed by atoms with Crippen LogP contribution in [-0.4, -0.2) is 56.8 Å². The zero-order chi connectivity index (χ0) is 15.5. The summed E-state index contributed by atoms with van der Waals surface area (Å²) in [5.41, 5.74) is 1.73. The molecule has 0 aromatic carbocycles. The van der Waals surface area contributed by atoms with Gasteiger partial charge in [0.25, 0.3) is 5.91 Å². The summed E-state index contributed by atoms with van der Waals surface area (Å²) in [7, 11) is 0. The van der Waals surface area contributed by atoms with E-state index in [4.69, 9.17) is 0 Å². The molecule has 0 unspecified atom stereocenters. The molecule has 3 rings (SSSR count). The van der Waals surface area contributed by atoms with E-state index in [0.717, 1.165) is 50.7 Å². The monoisotopic (exact) mass is 319 g/mol. The second-order valence-corrected chi connectivity index (χ2v) is 6.48. The lowest BCUT2D eigenvalue weighted by Gasteiger charge is -2.34. The minimum absolute atomic E-state index is 0.0437. The van der Waals surface area contributed by atoms with Crippen molar-refractivity contribution < 1.29 is 4.79 Å². The van der Waals surface area contributed by atoms with Crippen LogP contribution in [-0.2, 0) is 13.0 Å². The Kier molecular flexibility index (Phi) is 4.54. The molecule has 0 atom stereocenters. The lowest BCUT2D eigenvalue weighted by atomic mass is 10.2. The first kappa shape index (κ1) is 15.2. The van der Waals surface area contributed by atoms with Crippen LogP contribution in [0.4, 0.5) is 0 Å². The van der Waals surface area contributed by atoms with E-state index in [-0.39, 0.29) is 5.91 Å². The number of nitrogens with zero attached hydrogens (tertiary/aromatic N) is 4. The summed E-state index contributed by atoms with van der Waals surface area (Å²) in [6, 6.07) is 0. The third kappa shape index (κ3) is 3.36. The molecule has 22 heavy (non-hydrogen) atoms. The van der Waals surface area contributed by atoms with Gasteiger partial charge in [0.05, 0.1) is 16.9 Å². The van der Waals surface area contributed by atoms with Crippen molar-refractivity contribution in [3.63, 3.8) is 0 Å². The van der Waals surface area contributed by atoms with Crippen LogP contribution in [0.3, 0.4) is 0 Å². The lowest BCUT2D eigenvalue weighted by Crippen LogP contribution is -2.48. The molecule has 1 saturated heterocycles. The topological polar surface area (TPSA) is 65.1 Å². The maximum absolute atomic E-state index is 12.3. The van der Waals surface area contributed by atoms with Gasteiger partial charge in [-0.1, -0.05) is 6.92 Å². The summed E-state index contributed by atoms with van der Waals surface area (Å²) in [5, 5.41) is 3.34. The Morgan fingerprint density at radius 1 is 1.36 bits per heavy atom. The highest BCUT2D eigenvalue weighted by atomic mass is 32.1. The maximum atomic E-state index is 12.3. The first-order valence-electron chi connectivity index (χ1n) is 7.62. The second kappa shape index (κ2) is 6.58. The number of aromatic amines is 1. The van der Waals surface area contributed by atoms with Gasteiger partial charge in [0.2, 0.25) is 0 Å². The third-order valence-electron chi connectivity index (χ3n) is 3.88. The fourth-order valence-corrected chi connectivity index (χ4v) is 3.36. The van der Waals surface area contributed by atoms with Crippen LogP contribution in [0.2, 0.25) is 0 Å². The Morgan fingerprint density at radius 3 is 2.73 bits per heavy atom. The summed E-state index contributed by atoms with van der Waals surface area (Å²) in [6.45, 7) is 8.14. The van der Waals surface area contributed by atoms with Gasteiger partial charge in [-0.05, 0) is 13.3 Å². The predicted octanol–water partition coefficient (Wildman–Crippen LogP) is 1.70. The van der Waals surface area contributed by atoms with E-state index in [0.29, 0.717) is 5.69 Å². The molecule has 0 aliphatic carbocycles. The van der Waals surface area contributed by atoms with Crippen molar-refractivity contribution in [1.29, 1.82) is 0 Å². The Morgan fingerprint density at radius 2 is 2.14 bits per heavy atom. The molecule has 3 heterocycles. The largest absolute Gasteiger partial charge is 0.338 e. The number of carbonyl (C=O) groups is 1. The fraction of sp³-hybridized carbons (Fsp3) is 0.533. The van der Waals surface area contributed by atoms with Crippen LogP contribution in [0.15, 0.2) is 11.6 Å². The number of hydrogen-bond acceptors (Lipinski definition) is 5. The molecule has 0 radical (unpaired) electrons. The van der Waals surface area contributed by atoms with E-state index in [1.54, 1.807) is 17.5 Å². The Bertz CT molecular complexity index is 642. The average Bonchev–Trinajstić information content (AvgIpc) is 3.16. The van der Waals surface area contributed by atoms with Crippen LogP contribution in [0.25, 0.3) is 0 Å². The van der Waals surface area contributed by atoms with Gasteiger partial charge in [-0.3, -0.25) is 9.69 Å². The lowest BCUT2D eigenvalue weighted by molar-refractivity contribution is 0.0622. The Balaban J connectivity index is 1.52. The standard InChI is InChI=1S/C15H21N5OS/c1-3-14-18-12(10-22-14)9-19-4-6-20(7-5-19)15(21)13-8-16-11(2)17-13/h8,10H,3-7,9H2,1-2H3,(H,16,17). The van der Waals surface area contributed by atoms with Gasteiger partial charge in [0.1, 0.15) is 11.5 Å². The summed E-state index contributed by atoms with van der Waals surface area (Å²) >= 11 is 1.73.